The standard InChI is InChI=1S/C70H114O6/c1-4-7-10-13-16-19-22-25-28-31-33-35-37-39-42-45-48-51-54-57-60-63-69(72)75-66-67(65-74-68(71)62-59-56-53-50-47-44-41-30-27-24-21-18-15-12-9-6-3)76-70(73)64-61-58-55-52-49-46-43-40-38-36-34-32-29-26-23-20-17-14-11-8-5-2/h7-8,10-11,16-17,19-20,25-26,28-30,33-36,39,41-42,48,51,67H,4-6,9,12-15,18,21-24,27,31-32,37-38,40,43-47,49-50,52-66H2,1-3H3/b10-7-,11-8-,19-16-,20-17-,28-25-,29-26-,35-33-,36-34-,41-30-,42-39-,51-48-. The Bertz CT molecular complexity index is 1630. The molecule has 0 bridgehead atoms. The fourth-order valence-electron chi connectivity index (χ4n) is 8.25. The van der Waals surface area contributed by atoms with Gasteiger partial charge >= 0.3 is 17.9 Å². The molecule has 6 heteroatoms. The second kappa shape index (κ2) is 63.1. The van der Waals surface area contributed by atoms with Crippen molar-refractivity contribution in [2.24, 2.45) is 0 Å². The lowest BCUT2D eigenvalue weighted by Gasteiger charge is -2.18. The number of rotatable bonds is 55. The van der Waals surface area contributed by atoms with Crippen LogP contribution in [0.3, 0.4) is 0 Å². The van der Waals surface area contributed by atoms with E-state index in [1.807, 2.05) is 0 Å². The van der Waals surface area contributed by atoms with Gasteiger partial charge in [-0.3, -0.25) is 14.4 Å². The summed E-state index contributed by atoms with van der Waals surface area (Å²) in [4.78, 5) is 38.3. The average Bonchev–Trinajstić information content (AvgIpc) is 3.42. The van der Waals surface area contributed by atoms with E-state index in [1.165, 1.54) is 89.9 Å². The highest BCUT2D eigenvalue weighted by Crippen LogP contribution is 2.14. The zero-order chi connectivity index (χ0) is 55.0. The second-order valence-electron chi connectivity index (χ2n) is 20.2. The van der Waals surface area contributed by atoms with Crippen LogP contribution in [-0.4, -0.2) is 37.2 Å². The van der Waals surface area contributed by atoms with Crippen LogP contribution in [0, 0.1) is 0 Å². The van der Waals surface area contributed by atoms with Gasteiger partial charge < -0.3 is 14.2 Å². The maximum Gasteiger partial charge on any atom is 0.306 e. The Morgan fingerprint density at radius 1 is 0.276 bits per heavy atom. The van der Waals surface area contributed by atoms with Crippen molar-refractivity contribution in [1.29, 1.82) is 0 Å². The van der Waals surface area contributed by atoms with Gasteiger partial charge in [-0.1, -0.05) is 251 Å². The number of hydrogen-bond acceptors (Lipinski definition) is 6. The first-order valence-electron chi connectivity index (χ1n) is 31.2. The van der Waals surface area contributed by atoms with Crippen LogP contribution in [0.4, 0.5) is 0 Å². The maximum absolute atomic E-state index is 12.9. The van der Waals surface area contributed by atoms with Gasteiger partial charge in [-0.05, 0) is 135 Å². The molecule has 0 N–H and O–H groups in total. The van der Waals surface area contributed by atoms with Gasteiger partial charge in [-0.15, -0.1) is 0 Å². The summed E-state index contributed by atoms with van der Waals surface area (Å²) < 4.78 is 16.9. The van der Waals surface area contributed by atoms with Crippen LogP contribution in [0.25, 0.3) is 0 Å². The van der Waals surface area contributed by atoms with Crippen molar-refractivity contribution < 1.29 is 28.6 Å². The first-order valence-corrected chi connectivity index (χ1v) is 31.2. The third-order valence-corrected chi connectivity index (χ3v) is 12.9. The molecule has 0 radical (unpaired) electrons. The van der Waals surface area contributed by atoms with Crippen LogP contribution >= 0.6 is 0 Å². The van der Waals surface area contributed by atoms with E-state index < -0.39 is 6.10 Å². The van der Waals surface area contributed by atoms with E-state index in [0.717, 1.165) is 135 Å². The van der Waals surface area contributed by atoms with E-state index in [9.17, 15) is 14.4 Å². The van der Waals surface area contributed by atoms with Crippen LogP contribution in [0.5, 0.6) is 0 Å². The van der Waals surface area contributed by atoms with Crippen LogP contribution < -0.4 is 0 Å². The number of ether oxygens (including phenoxy) is 3. The minimum atomic E-state index is -0.810. The molecule has 0 aromatic rings. The summed E-state index contributed by atoms with van der Waals surface area (Å²) in [5.41, 5.74) is 0. The highest BCUT2D eigenvalue weighted by atomic mass is 16.6. The van der Waals surface area contributed by atoms with E-state index in [0.29, 0.717) is 25.7 Å². The van der Waals surface area contributed by atoms with Gasteiger partial charge in [0.25, 0.3) is 0 Å². The van der Waals surface area contributed by atoms with Gasteiger partial charge in [0.15, 0.2) is 6.10 Å². The third-order valence-electron chi connectivity index (χ3n) is 12.9. The van der Waals surface area contributed by atoms with Crippen LogP contribution in [0.2, 0.25) is 0 Å². The first-order chi connectivity index (χ1) is 37.5. The SMILES string of the molecule is CC/C=C\C/C=C\C/C=C\C/C=C\C/C=C\C/C=C\CCCCC(=O)OCC(COC(=O)CCCCCCC/C=C\CCCCCCCCC)OC(=O)CCCCCCCCCC/C=C\C/C=C\C/C=C\C/C=C\CC. The van der Waals surface area contributed by atoms with Crippen LogP contribution in [-0.2, 0) is 28.6 Å². The van der Waals surface area contributed by atoms with E-state index in [-0.39, 0.29) is 31.1 Å². The fourth-order valence-corrected chi connectivity index (χ4v) is 8.25. The molecule has 0 aromatic carbocycles. The molecular weight excluding hydrogens is 937 g/mol. The first kappa shape index (κ1) is 71.5. The molecule has 0 spiro atoms. The predicted octanol–water partition coefficient (Wildman–Crippen LogP) is 21.4. The van der Waals surface area contributed by atoms with Gasteiger partial charge in [0, 0.05) is 19.3 Å². The molecule has 0 saturated carbocycles. The van der Waals surface area contributed by atoms with Gasteiger partial charge in [-0.2, -0.15) is 0 Å². The van der Waals surface area contributed by atoms with Crippen molar-refractivity contribution in [2.45, 2.75) is 277 Å². The molecule has 1 atom stereocenters. The number of hydrogen-bond donors (Lipinski definition) is 0. The summed E-state index contributed by atoms with van der Waals surface area (Å²) in [5, 5.41) is 0. The van der Waals surface area contributed by atoms with E-state index in [1.54, 1.807) is 0 Å². The lowest BCUT2D eigenvalue weighted by Crippen LogP contribution is -2.30. The van der Waals surface area contributed by atoms with Crippen molar-refractivity contribution >= 4 is 17.9 Å². The summed E-state index contributed by atoms with van der Waals surface area (Å²) in [6.45, 7) is 6.37. The smallest absolute Gasteiger partial charge is 0.306 e. The zero-order valence-corrected chi connectivity index (χ0v) is 49.2. The predicted molar refractivity (Wildman–Crippen MR) is 329 cm³/mol. The molecule has 76 heavy (non-hydrogen) atoms. The lowest BCUT2D eigenvalue weighted by atomic mass is 10.1. The molecule has 0 aromatic heterocycles. The van der Waals surface area contributed by atoms with Crippen molar-refractivity contribution in [2.75, 3.05) is 13.2 Å². The van der Waals surface area contributed by atoms with E-state index in [4.69, 9.17) is 14.2 Å². The number of unbranched alkanes of at least 4 members (excludes halogenated alkanes) is 22. The molecule has 0 aliphatic heterocycles. The largest absolute Gasteiger partial charge is 0.462 e. The van der Waals surface area contributed by atoms with Crippen molar-refractivity contribution in [3.8, 4) is 0 Å². The van der Waals surface area contributed by atoms with Gasteiger partial charge in [0.2, 0.25) is 0 Å². The fraction of sp³-hybridized carbons (Fsp3) is 0.643. The Hall–Kier alpha value is -4.45. The minimum Gasteiger partial charge on any atom is -0.462 e. The summed E-state index contributed by atoms with van der Waals surface area (Å²) in [7, 11) is 0. The number of esters is 3. The molecule has 1 unspecified atom stereocenters. The third kappa shape index (κ3) is 60.4. The van der Waals surface area contributed by atoms with Crippen molar-refractivity contribution in [3.63, 3.8) is 0 Å². The van der Waals surface area contributed by atoms with Crippen molar-refractivity contribution in [1.82, 2.24) is 0 Å². The molecule has 0 heterocycles. The Labute approximate surface area is 468 Å². The van der Waals surface area contributed by atoms with Crippen LogP contribution in [0.1, 0.15) is 271 Å². The molecule has 0 aliphatic rings. The summed E-state index contributed by atoms with van der Waals surface area (Å²) >= 11 is 0. The number of carbonyl (C=O) groups is 3. The highest BCUT2D eigenvalue weighted by molar-refractivity contribution is 5.71. The topological polar surface area (TPSA) is 78.9 Å². The van der Waals surface area contributed by atoms with Gasteiger partial charge in [-0.25, -0.2) is 0 Å². The molecular formula is C70H114O6. The Morgan fingerprint density at radius 2 is 0.513 bits per heavy atom. The van der Waals surface area contributed by atoms with E-state index >= 15 is 0 Å². The zero-order valence-electron chi connectivity index (χ0n) is 49.2. The molecule has 6 nitrogen and oxygen atoms in total. The molecule has 0 amide bonds. The quantitative estimate of drug-likeness (QED) is 0.0261. The monoisotopic (exact) mass is 1050 g/mol. The minimum absolute atomic E-state index is 0.103. The molecule has 430 valence electrons. The van der Waals surface area contributed by atoms with Gasteiger partial charge in [0.1, 0.15) is 13.2 Å². The Balaban J connectivity index is 4.51. The van der Waals surface area contributed by atoms with Crippen LogP contribution in [0.15, 0.2) is 134 Å². The summed E-state index contributed by atoms with van der Waals surface area (Å²) in [6, 6.07) is 0. The average molecular weight is 1050 g/mol. The summed E-state index contributed by atoms with van der Waals surface area (Å²) in [5.74, 6) is -0.963. The van der Waals surface area contributed by atoms with Crippen molar-refractivity contribution in [3.05, 3.63) is 134 Å². The lowest BCUT2D eigenvalue weighted by molar-refractivity contribution is -0.167. The highest BCUT2D eigenvalue weighted by Gasteiger charge is 2.19. The normalized spacial score (nSPS) is 13.0. The maximum atomic E-state index is 12.9. The molecule has 0 saturated heterocycles. The molecule has 0 rings (SSSR count). The second-order valence-corrected chi connectivity index (χ2v) is 20.2. The molecule has 0 fully saturated rings. The number of carbonyl (C=O) groups excluding carboxylic acids is 3. The summed E-state index contributed by atoms with van der Waals surface area (Å²) in [6.07, 6.45) is 88.7. The number of allylic oxidation sites excluding steroid dienone is 22. The molecule has 0 aliphatic carbocycles. The Kier molecular flexibility index (Phi) is 59.4. The van der Waals surface area contributed by atoms with E-state index in [2.05, 4.69) is 154 Å². The van der Waals surface area contributed by atoms with Gasteiger partial charge in [0.05, 0.1) is 0 Å². The Morgan fingerprint density at radius 3 is 0.842 bits per heavy atom.